The van der Waals surface area contributed by atoms with Crippen LogP contribution in [0, 0.1) is 0 Å². The summed E-state index contributed by atoms with van der Waals surface area (Å²) in [7, 11) is 1.69. The molecule has 0 fully saturated rings. The molecule has 1 aromatic heterocycles. The van der Waals surface area contributed by atoms with Gasteiger partial charge in [0.25, 0.3) is 0 Å². The van der Waals surface area contributed by atoms with Gasteiger partial charge in [0.05, 0.1) is 7.11 Å². The van der Waals surface area contributed by atoms with Crippen molar-refractivity contribution in [1.82, 2.24) is 10.3 Å². The van der Waals surface area contributed by atoms with Crippen molar-refractivity contribution in [3.05, 3.63) is 59.9 Å². The quantitative estimate of drug-likeness (QED) is 0.853. The second-order valence-electron chi connectivity index (χ2n) is 3.78. The minimum absolute atomic E-state index is 0.791. The number of nitrogens with one attached hydrogen (secondary N) is 1. The lowest BCUT2D eigenvalue weighted by Gasteiger charge is -2.09. The van der Waals surface area contributed by atoms with Crippen LogP contribution in [-0.2, 0) is 13.1 Å². The monoisotopic (exact) mass is 228 g/mol. The third kappa shape index (κ3) is 3.29. The molecule has 2 aromatic rings. The molecule has 0 saturated heterocycles. The van der Waals surface area contributed by atoms with Crippen LogP contribution < -0.4 is 10.1 Å². The largest absolute Gasteiger partial charge is 0.496 e. The number of pyridine rings is 1. The van der Waals surface area contributed by atoms with Crippen LogP contribution in [0.5, 0.6) is 5.75 Å². The lowest BCUT2D eigenvalue weighted by Crippen LogP contribution is -2.13. The zero-order valence-electron chi connectivity index (χ0n) is 9.89. The molecule has 88 valence electrons. The number of methoxy groups -OCH3 is 1. The average molecular weight is 228 g/mol. The zero-order valence-corrected chi connectivity index (χ0v) is 9.89. The first-order valence-corrected chi connectivity index (χ1v) is 5.61. The summed E-state index contributed by atoms with van der Waals surface area (Å²) < 4.78 is 5.30. The van der Waals surface area contributed by atoms with Gasteiger partial charge in [0.15, 0.2) is 0 Å². The van der Waals surface area contributed by atoms with Crippen molar-refractivity contribution in [2.24, 2.45) is 0 Å². The molecule has 17 heavy (non-hydrogen) atoms. The molecule has 0 aliphatic heterocycles. The molecule has 1 aromatic carbocycles. The minimum Gasteiger partial charge on any atom is -0.496 e. The second-order valence-corrected chi connectivity index (χ2v) is 3.78. The lowest BCUT2D eigenvalue weighted by molar-refractivity contribution is 0.407. The highest BCUT2D eigenvalue weighted by Crippen LogP contribution is 2.16. The standard InChI is InChI=1S/C14H16N2O/c1-17-14-7-3-2-6-13(14)11-16-10-12-5-4-8-15-9-12/h2-9,16H,10-11H2,1H3. The number of rotatable bonds is 5. The molecule has 1 heterocycles. The van der Waals surface area contributed by atoms with Crippen LogP contribution in [0.25, 0.3) is 0 Å². The van der Waals surface area contributed by atoms with E-state index >= 15 is 0 Å². The predicted molar refractivity (Wildman–Crippen MR) is 67.8 cm³/mol. The number of para-hydroxylation sites is 1. The highest BCUT2D eigenvalue weighted by molar-refractivity contribution is 5.33. The van der Waals surface area contributed by atoms with Crippen LogP contribution in [0.15, 0.2) is 48.8 Å². The Hall–Kier alpha value is -1.87. The van der Waals surface area contributed by atoms with E-state index in [1.54, 1.807) is 13.3 Å². The van der Waals surface area contributed by atoms with Gasteiger partial charge < -0.3 is 10.1 Å². The van der Waals surface area contributed by atoms with Gasteiger partial charge in [-0.1, -0.05) is 24.3 Å². The highest BCUT2D eigenvalue weighted by Gasteiger charge is 2.00. The molecular weight excluding hydrogens is 212 g/mol. The molecule has 2 rings (SSSR count). The molecule has 0 saturated carbocycles. The van der Waals surface area contributed by atoms with Crippen LogP contribution >= 0.6 is 0 Å². The molecule has 0 aliphatic carbocycles. The first-order chi connectivity index (χ1) is 8.40. The summed E-state index contributed by atoms with van der Waals surface area (Å²) in [5, 5.41) is 3.37. The van der Waals surface area contributed by atoms with E-state index in [0.717, 1.165) is 18.8 Å². The summed E-state index contributed by atoms with van der Waals surface area (Å²) in [5.74, 6) is 0.922. The summed E-state index contributed by atoms with van der Waals surface area (Å²) in [5.41, 5.74) is 2.35. The summed E-state index contributed by atoms with van der Waals surface area (Å²) in [6, 6.07) is 12.0. The fraction of sp³-hybridized carbons (Fsp3) is 0.214. The van der Waals surface area contributed by atoms with Gasteiger partial charge in [-0.25, -0.2) is 0 Å². The SMILES string of the molecule is COc1ccccc1CNCc1cccnc1. The van der Waals surface area contributed by atoms with E-state index in [1.165, 1.54) is 11.1 Å². The van der Waals surface area contributed by atoms with E-state index in [2.05, 4.69) is 22.4 Å². The number of nitrogens with zero attached hydrogens (tertiary/aromatic N) is 1. The van der Waals surface area contributed by atoms with Crippen LogP contribution in [-0.4, -0.2) is 12.1 Å². The van der Waals surface area contributed by atoms with Crippen molar-refractivity contribution in [1.29, 1.82) is 0 Å². The average Bonchev–Trinajstić information content (AvgIpc) is 2.40. The van der Waals surface area contributed by atoms with Crippen molar-refractivity contribution >= 4 is 0 Å². The third-order valence-corrected chi connectivity index (χ3v) is 2.56. The fourth-order valence-corrected chi connectivity index (χ4v) is 1.69. The summed E-state index contributed by atoms with van der Waals surface area (Å²) in [6.45, 7) is 1.60. The van der Waals surface area contributed by atoms with Gasteiger partial charge in [-0.2, -0.15) is 0 Å². The number of aromatic nitrogens is 1. The minimum atomic E-state index is 0.791. The summed E-state index contributed by atoms with van der Waals surface area (Å²) >= 11 is 0. The summed E-state index contributed by atoms with van der Waals surface area (Å²) in [6.07, 6.45) is 3.65. The smallest absolute Gasteiger partial charge is 0.123 e. The molecule has 0 radical (unpaired) electrons. The topological polar surface area (TPSA) is 34.1 Å². The lowest BCUT2D eigenvalue weighted by atomic mass is 10.2. The predicted octanol–water partition coefficient (Wildman–Crippen LogP) is 2.38. The molecule has 0 unspecified atom stereocenters. The van der Waals surface area contributed by atoms with Crippen molar-refractivity contribution in [3.8, 4) is 5.75 Å². The molecule has 3 heteroatoms. The van der Waals surface area contributed by atoms with Crippen molar-refractivity contribution < 1.29 is 4.74 Å². The van der Waals surface area contributed by atoms with Crippen molar-refractivity contribution in [2.45, 2.75) is 13.1 Å². The van der Waals surface area contributed by atoms with Gasteiger partial charge in [-0.15, -0.1) is 0 Å². The van der Waals surface area contributed by atoms with Crippen molar-refractivity contribution in [2.75, 3.05) is 7.11 Å². The Balaban J connectivity index is 1.90. The Morgan fingerprint density at radius 2 is 2.00 bits per heavy atom. The maximum absolute atomic E-state index is 5.30. The molecule has 0 amide bonds. The molecule has 3 nitrogen and oxygen atoms in total. The maximum Gasteiger partial charge on any atom is 0.123 e. The fourth-order valence-electron chi connectivity index (χ4n) is 1.69. The van der Waals surface area contributed by atoms with E-state index < -0.39 is 0 Å². The molecule has 0 bridgehead atoms. The molecule has 0 atom stereocenters. The van der Waals surface area contributed by atoms with Crippen LogP contribution in [0.3, 0.4) is 0 Å². The van der Waals surface area contributed by atoms with Crippen LogP contribution in [0.1, 0.15) is 11.1 Å². The molecule has 0 spiro atoms. The molecular formula is C14H16N2O. The second kappa shape index (κ2) is 6.01. The van der Waals surface area contributed by atoms with Crippen molar-refractivity contribution in [3.63, 3.8) is 0 Å². The Labute approximate surface area is 101 Å². The van der Waals surface area contributed by atoms with Crippen LogP contribution in [0.4, 0.5) is 0 Å². The van der Waals surface area contributed by atoms with E-state index in [-0.39, 0.29) is 0 Å². The van der Waals surface area contributed by atoms with Gasteiger partial charge in [0, 0.05) is 31.0 Å². The Bertz CT molecular complexity index is 457. The van der Waals surface area contributed by atoms with E-state index in [1.807, 2.05) is 30.5 Å². The van der Waals surface area contributed by atoms with E-state index in [9.17, 15) is 0 Å². The highest BCUT2D eigenvalue weighted by atomic mass is 16.5. The normalized spacial score (nSPS) is 10.2. The summed E-state index contributed by atoms with van der Waals surface area (Å²) in [4.78, 5) is 4.08. The Morgan fingerprint density at radius 1 is 1.12 bits per heavy atom. The maximum atomic E-state index is 5.30. The van der Waals surface area contributed by atoms with Gasteiger partial charge in [-0.05, 0) is 17.7 Å². The first kappa shape index (κ1) is 11.6. The number of hydrogen-bond donors (Lipinski definition) is 1. The van der Waals surface area contributed by atoms with E-state index in [4.69, 9.17) is 4.74 Å². The Kier molecular flexibility index (Phi) is 4.11. The third-order valence-electron chi connectivity index (χ3n) is 2.56. The van der Waals surface area contributed by atoms with Gasteiger partial charge in [0.1, 0.15) is 5.75 Å². The number of ether oxygens (including phenoxy) is 1. The number of hydrogen-bond acceptors (Lipinski definition) is 3. The number of benzene rings is 1. The molecule has 0 aliphatic rings. The van der Waals surface area contributed by atoms with Gasteiger partial charge in [-0.3, -0.25) is 4.98 Å². The van der Waals surface area contributed by atoms with Gasteiger partial charge in [0.2, 0.25) is 0 Å². The van der Waals surface area contributed by atoms with Gasteiger partial charge >= 0.3 is 0 Å². The van der Waals surface area contributed by atoms with Crippen LogP contribution in [0.2, 0.25) is 0 Å². The first-order valence-electron chi connectivity index (χ1n) is 5.61. The Morgan fingerprint density at radius 3 is 2.76 bits per heavy atom. The van der Waals surface area contributed by atoms with E-state index in [0.29, 0.717) is 0 Å². The molecule has 1 N–H and O–H groups in total. The zero-order chi connectivity index (χ0) is 11.9.